The van der Waals surface area contributed by atoms with E-state index < -0.39 is 0 Å². The summed E-state index contributed by atoms with van der Waals surface area (Å²) in [5.74, 6) is 0.836. The number of morpholine rings is 1. The minimum atomic E-state index is 0.107. The number of hydrogen-bond donors (Lipinski definition) is 0. The molecule has 0 aliphatic carbocycles. The number of benzene rings is 1. The molecule has 2 aliphatic heterocycles. The van der Waals surface area contributed by atoms with Crippen molar-refractivity contribution in [2.45, 2.75) is 44.9 Å². The number of ether oxygens (including phenoxy) is 2. The Labute approximate surface area is 144 Å². The average Bonchev–Trinajstić information content (AvgIpc) is 2.60. The van der Waals surface area contributed by atoms with Gasteiger partial charge in [-0.05, 0) is 44.9 Å². The maximum atomic E-state index is 12.7. The number of nitrogens with zero attached hydrogens (tertiary/aromatic N) is 2. The first-order valence-electron chi connectivity index (χ1n) is 8.89. The molecule has 2 aliphatic rings. The highest BCUT2D eigenvalue weighted by Gasteiger charge is 2.31. The van der Waals surface area contributed by atoms with Crippen molar-refractivity contribution < 1.29 is 14.3 Å². The van der Waals surface area contributed by atoms with E-state index in [0.29, 0.717) is 23.8 Å². The summed E-state index contributed by atoms with van der Waals surface area (Å²) in [7, 11) is 1.62. The second-order valence-corrected chi connectivity index (χ2v) is 6.97. The number of piperidine rings is 1. The number of hydrogen-bond acceptors (Lipinski definition) is 4. The van der Waals surface area contributed by atoms with Crippen LogP contribution in [0.5, 0.6) is 5.75 Å². The van der Waals surface area contributed by atoms with E-state index in [1.54, 1.807) is 7.11 Å². The van der Waals surface area contributed by atoms with Crippen LogP contribution in [0, 0.1) is 0 Å². The molecule has 2 fully saturated rings. The Morgan fingerprint density at radius 2 is 1.83 bits per heavy atom. The summed E-state index contributed by atoms with van der Waals surface area (Å²) in [5, 5.41) is 0. The van der Waals surface area contributed by atoms with Crippen molar-refractivity contribution in [2.75, 3.05) is 33.3 Å². The van der Waals surface area contributed by atoms with Crippen LogP contribution >= 0.6 is 0 Å². The standard InChI is InChI=1S/C19H28N2O3/c1-14-12-21(13-15(2)24-14)17-7-9-20(10-8-17)19(22)16-5-4-6-18(11-16)23-3/h4-6,11,14-15,17H,7-10,12-13H2,1-3H3/t14-,15-/m0/s1. The second-order valence-electron chi connectivity index (χ2n) is 6.97. The molecule has 5 heteroatoms. The molecule has 132 valence electrons. The fourth-order valence-electron chi connectivity index (χ4n) is 3.89. The van der Waals surface area contributed by atoms with Gasteiger partial charge in [0, 0.05) is 37.8 Å². The first-order valence-corrected chi connectivity index (χ1v) is 8.89. The fourth-order valence-corrected chi connectivity index (χ4v) is 3.89. The van der Waals surface area contributed by atoms with E-state index in [0.717, 1.165) is 44.8 Å². The van der Waals surface area contributed by atoms with Gasteiger partial charge in [0.25, 0.3) is 5.91 Å². The van der Waals surface area contributed by atoms with E-state index >= 15 is 0 Å². The van der Waals surface area contributed by atoms with E-state index in [4.69, 9.17) is 9.47 Å². The van der Waals surface area contributed by atoms with Gasteiger partial charge >= 0.3 is 0 Å². The van der Waals surface area contributed by atoms with E-state index in [1.807, 2.05) is 29.2 Å². The van der Waals surface area contributed by atoms with Crippen molar-refractivity contribution in [1.82, 2.24) is 9.80 Å². The lowest BCUT2D eigenvalue weighted by atomic mass is 10.0. The van der Waals surface area contributed by atoms with E-state index in [1.165, 1.54) is 0 Å². The lowest BCUT2D eigenvalue weighted by molar-refractivity contribution is -0.0856. The molecule has 5 nitrogen and oxygen atoms in total. The minimum absolute atomic E-state index is 0.107. The number of methoxy groups -OCH3 is 1. The van der Waals surface area contributed by atoms with Crippen molar-refractivity contribution in [2.24, 2.45) is 0 Å². The van der Waals surface area contributed by atoms with Gasteiger partial charge in [-0.2, -0.15) is 0 Å². The molecule has 0 unspecified atom stereocenters. The largest absolute Gasteiger partial charge is 0.497 e. The highest BCUT2D eigenvalue weighted by atomic mass is 16.5. The number of amides is 1. The molecule has 2 heterocycles. The molecule has 0 bridgehead atoms. The molecule has 24 heavy (non-hydrogen) atoms. The van der Waals surface area contributed by atoms with Gasteiger partial charge in [-0.15, -0.1) is 0 Å². The summed E-state index contributed by atoms with van der Waals surface area (Å²) in [6.45, 7) is 7.92. The van der Waals surface area contributed by atoms with Crippen LogP contribution in [0.1, 0.15) is 37.0 Å². The smallest absolute Gasteiger partial charge is 0.253 e. The summed E-state index contributed by atoms with van der Waals surface area (Å²) in [4.78, 5) is 17.2. The highest BCUT2D eigenvalue weighted by Crippen LogP contribution is 2.23. The van der Waals surface area contributed by atoms with Crippen LogP contribution in [0.3, 0.4) is 0 Å². The van der Waals surface area contributed by atoms with Gasteiger partial charge in [-0.25, -0.2) is 0 Å². The van der Waals surface area contributed by atoms with Crippen LogP contribution < -0.4 is 4.74 Å². The fraction of sp³-hybridized carbons (Fsp3) is 0.632. The van der Waals surface area contributed by atoms with Crippen molar-refractivity contribution in [3.8, 4) is 5.75 Å². The normalized spacial score (nSPS) is 26.4. The van der Waals surface area contributed by atoms with Crippen molar-refractivity contribution in [1.29, 1.82) is 0 Å². The first-order chi connectivity index (χ1) is 11.6. The summed E-state index contributed by atoms with van der Waals surface area (Å²) < 4.78 is 11.0. The number of rotatable bonds is 3. The van der Waals surface area contributed by atoms with Gasteiger partial charge in [-0.3, -0.25) is 9.69 Å². The third-order valence-electron chi connectivity index (χ3n) is 5.03. The maximum Gasteiger partial charge on any atom is 0.253 e. The molecular weight excluding hydrogens is 304 g/mol. The SMILES string of the molecule is COc1cccc(C(=O)N2CCC(N3C[C@H](C)O[C@@H](C)C3)CC2)c1. The van der Waals surface area contributed by atoms with Crippen molar-refractivity contribution in [3.63, 3.8) is 0 Å². The van der Waals surface area contributed by atoms with Crippen LogP contribution in [-0.2, 0) is 4.74 Å². The molecule has 0 aromatic heterocycles. The van der Waals surface area contributed by atoms with Crippen LogP contribution in [0.4, 0.5) is 0 Å². The van der Waals surface area contributed by atoms with Gasteiger partial charge in [-0.1, -0.05) is 6.07 Å². The Morgan fingerprint density at radius 1 is 1.17 bits per heavy atom. The number of carbonyl (C=O) groups excluding carboxylic acids is 1. The van der Waals surface area contributed by atoms with Crippen LogP contribution in [0.15, 0.2) is 24.3 Å². The predicted octanol–water partition coefficient (Wildman–Crippen LogP) is 2.41. The van der Waals surface area contributed by atoms with Gasteiger partial charge < -0.3 is 14.4 Å². The van der Waals surface area contributed by atoms with E-state index in [-0.39, 0.29) is 5.91 Å². The summed E-state index contributed by atoms with van der Waals surface area (Å²) in [6.07, 6.45) is 2.67. The molecule has 0 N–H and O–H groups in total. The average molecular weight is 332 g/mol. The third-order valence-corrected chi connectivity index (χ3v) is 5.03. The Morgan fingerprint density at radius 3 is 2.46 bits per heavy atom. The molecule has 1 amide bonds. The Balaban J connectivity index is 1.57. The van der Waals surface area contributed by atoms with Crippen molar-refractivity contribution in [3.05, 3.63) is 29.8 Å². The number of carbonyl (C=O) groups is 1. The van der Waals surface area contributed by atoms with Gasteiger partial charge in [0.15, 0.2) is 0 Å². The van der Waals surface area contributed by atoms with E-state index in [2.05, 4.69) is 18.7 Å². The Hall–Kier alpha value is -1.59. The molecular formula is C19H28N2O3. The zero-order valence-electron chi connectivity index (χ0n) is 14.9. The molecule has 0 spiro atoms. The Kier molecular flexibility index (Phi) is 5.41. The van der Waals surface area contributed by atoms with Crippen LogP contribution in [0.2, 0.25) is 0 Å². The summed E-state index contributed by atoms with van der Waals surface area (Å²) in [5.41, 5.74) is 0.710. The topological polar surface area (TPSA) is 42.0 Å². The second kappa shape index (κ2) is 7.53. The van der Waals surface area contributed by atoms with Crippen LogP contribution in [-0.4, -0.2) is 67.2 Å². The van der Waals surface area contributed by atoms with Crippen molar-refractivity contribution >= 4 is 5.91 Å². The van der Waals surface area contributed by atoms with Gasteiger partial charge in [0.05, 0.1) is 19.3 Å². The van der Waals surface area contributed by atoms with Crippen LogP contribution in [0.25, 0.3) is 0 Å². The molecule has 2 saturated heterocycles. The van der Waals surface area contributed by atoms with Gasteiger partial charge in [0.2, 0.25) is 0 Å². The molecule has 1 aromatic rings. The quantitative estimate of drug-likeness (QED) is 0.852. The van der Waals surface area contributed by atoms with E-state index in [9.17, 15) is 4.79 Å². The first kappa shape index (κ1) is 17.2. The molecule has 2 atom stereocenters. The lowest BCUT2D eigenvalue weighted by Crippen LogP contribution is -2.53. The summed E-state index contributed by atoms with van der Waals surface area (Å²) >= 11 is 0. The molecule has 1 aromatic carbocycles. The predicted molar refractivity (Wildman–Crippen MR) is 93.5 cm³/mol. The molecule has 3 rings (SSSR count). The zero-order chi connectivity index (χ0) is 17.1. The zero-order valence-corrected chi connectivity index (χ0v) is 14.9. The number of likely N-dealkylation sites (tertiary alicyclic amines) is 1. The maximum absolute atomic E-state index is 12.7. The highest BCUT2D eigenvalue weighted by molar-refractivity contribution is 5.94. The molecule has 0 radical (unpaired) electrons. The monoisotopic (exact) mass is 332 g/mol. The summed E-state index contributed by atoms with van der Waals surface area (Å²) in [6, 6.07) is 7.98. The third kappa shape index (κ3) is 3.90. The molecule has 0 saturated carbocycles. The van der Waals surface area contributed by atoms with Gasteiger partial charge in [0.1, 0.15) is 5.75 Å². The minimum Gasteiger partial charge on any atom is -0.497 e. The Bertz CT molecular complexity index is 559. The lowest BCUT2D eigenvalue weighted by Gasteiger charge is -2.43.